The first kappa shape index (κ1) is 16.8. The van der Waals surface area contributed by atoms with Gasteiger partial charge in [0.1, 0.15) is 24.1 Å². The van der Waals surface area contributed by atoms with Crippen molar-refractivity contribution in [1.29, 1.82) is 0 Å². The summed E-state index contributed by atoms with van der Waals surface area (Å²) in [7, 11) is 0. The van der Waals surface area contributed by atoms with Crippen molar-refractivity contribution >= 4 is 11.6 Å². The molecule has 2 aliphatic rings. The summed E-state index contributed by atoms with van der Waals surface area (Å²) in [4.78, 5) is 13.4. The number of imidazole rings is 1. The molecule has 2 saturated heterocycles. The van der Waals surface area contributed by atoms with Crippen LogP contribution in [0.25, 0.3) is 22.8 Å². The number of rotatable bonds is 3. The summed E-state index contributed by atoms with van der Waals surface area (Å²) in [6, 6.07) is 7.36. The number of hydrogen-bond acceptors (Lipinski definition) is 6. The molecule has 7 nitrogen and oxygen atoms in total. The molecule has 5 rings (SSSR count). The molecule has 0 spiro atoms. The van der Waals surface area contributed by atoms with Crippen molar-refractivity contribution in [3.8, 4) is 22.8 Å². The van der Waals surface area contributed by atoms with Crippen LogP contribution in [0.4, 0.5) is 0 Å². The Morgan fingerprint density at radius 2 is 1.70 bits per heavy atom. The number of fused-ring (bicyclic) bond motifs is 1. The van der Waals surface area contributed by atoms with E-state index in [-0.39, 0.29) is 18.2 Å². The normalized spacial score (nSPS) is 27.0. The fraction of sp³-hybridized carbons (Fsp3) is 0.316. The van der Waals surface area contributed by atoms with E-state index in [2.05, 4.69) is 15.0 Å². The molecule has 0 aliphatic carbocycles. The van der Waals surface area contributed by atoms with E-state index in [9.17, 15) is 5.11 Å². The monoisotopic (exact) mass is 384 g/mol. The molecule has 4 atom stereocenters. The Balaban J connectivity index is 1.43. The first-order valence-electron chi connectivity index (χ1n) is 8.73. The van der Waals surface area contributed by atoms with Gasteiger partial charge in [0.05, 0.1) is 24.8 Å². The van der Waals surface area contributed by atoms with E-state index in [1.54, 1.807) is 18.6 Å². The molecule has 4 heterocycles. The summed E-state index contributed by atoms with van der Waals surface area (Å²) >= 11 is 5.93. The lowest BCUT2D eigenvalue weighted by molar-refractivity contribution is 0.0172. The van der Waals surface area contributed by atoms with Gasteiger partial charge in [-0.1, -0.05) is 11.6 Å². The first-order valence-corrected chi connectivity index (χ1v) is 9.11. The molecule has 138 valence electrons. The lowest BCUT2D eigenvalue weighted by Crippen LogP contribution is -2.30. The summed E-state index contributed by atoms with van der Waals surface area (Å²) in [5.41, 5.74) is 1.70. The zero-order valence-corrected chi connectivity index (χ0v) is 15.0. The molecule has 0 bridgehead atoms. The van der Waals surface area contributed by atoms with E-state index in [0.717, 1.165) is 17.0 Å². The molecule has 1 aromatic carbocycles. The maximum Gasteiger partial charge on any atom is 0.159 e. The molecular formula is C19H17ClN4O3. The highest BCUT2D eigenvalue weighted by atomic mass is 35.5. The minimum absolute atomic E-state index is 0.0411. The summed E-state index contributed by atoms with van der Waals surface area (Å²) in [6.45, 7) is 0.772. The molecule has 27 heavy (non-hydrogen) atoms. The van der Waals surface area contributed by atoms with Gasteiger partial charge >= 0.3 is 0 Å². The maximum absolute atomic E-state index is 9.95. The lowest BCUT2D eigenvalue weighted by Gasteiger charge is -2.19. The van der Waals surface area contributed by atoms with Crippen molar-refractivity contribution < 1.29 is 14.6 Å². The van der Waals surface area contributed by atoms with Crippen LogP contribution in [0.1, 0.15) is 6.04 Å². The summed E-state index contributed by atoms with van der Waals surface area (Å²) in [6.07, 6.45) is 6.11. The van der Waals surface area contributed by atoms with E-state index in [1.165, 1.54) is 0 Å². The predicted octanol–water partition coefficient (Wildman–Crippen LogP) is 2.36. The largest absolute Gasteiger partial charge is 0.388 e. The fourth-order valence-electron chi connectivity index (χ4n) is 3.69. The van der Waals surface area contributed by atoms with Gasteiger partial charge in [-0.25, -0.2) is 15.0 Å². The third-order valence-corrected chi connectivity index (χ3v) is 5.29. The van der Waals surface area contributed by atoms with Crippen LogP contribution in [0.5, 0.6) is 0 Å². The van der Waals surface area contributed by atoms with Gasteiger partial charge in [-0.3, -0.25) is 0 Å². The van der Waals surface area contributed by atoms with Gasteiger partial charge in [-0.15, -0.1) is 0 Å². The Kier molecular flexibility index (Phi) is 4.17. The van der Waals surface area contributed by atoms with Gasteiger partial charge in [0, 0.05) is 35.4 Å². The first-order chi connectivity index (χ1) is 13.2. The Labute approximate surface area is 160 Å². The topological polar surface area (TPSA) is 82.3 Å². The van der Waals surface area contributed by atoms with Gasteiger partial charge in [-0.05, 0) is 24.3 Å². The Bertz CT molecular complexity index is 944. The number of nitrogens with zero attached hydrogens (tertiary/aromatic N) is 4. The van der Waals surface area contributed by atoms with E-state index in [1.807, 2.05) is 35.0 Å². The van der Waals surface area contributed by atoms with E-state index < -0.39 is 6.10 Å². The molecule has 0 unspecified atom stereocenters. The predicted molar refractivity (Wildman–Crippen MR) is 98.2 cm³/mol. The number of hydrogen-bond donors (Lipinski definition) is 1. The van der Waals surface area contributed by atoms with Crippen molar-refractivity contribution in [1.82, 2.24) is 19.5 Å². The molecule has 2 fully saturated rings. The molecule has 2 aromatic heterocycles. The molecule has 0 saturated carbocycles. The third-order valence-electron chi connectivity index (χ3n) is 5.04. The van der Waals surface area contributed by atoms with Crippen molar-refractivity contribution in [2.24, 2.45) is 0 Å². The fourth-order valence-corrected chi connectivity index (χ4v) is 3.82. The second kappa shape index (κ2) is 6.69. The summed E-state index contributed by atoms with van der Waals surface area (Å²) in [5.74, 6) is 1.37. The summed E-state index contributed by atoms with van der Waals surface area (Å²) in [5, 5.41) is 10.6. The second-order valence-electron chi connectivity index (χ2n) is 6.69. The number of benzene rings is 1. The van der Waals surface area contributed by atoms with Crippen molar-refractivity contribution in [2.45, 2.75) is 24.4 Å². The maximum atomic E-state index is 9.95. The molecular weight excluding hydrogens is 368 g/mol. The third kappa shape index (κ3) is 2.93. The molecule has 0 amide bonds. The van der Waals surface area contributed by atoms with Crippen LogP contribution in [-0.4, -0.2) is 56.2 Å². The molecule has 8 heteroatoms. The average Bonchev–Trinajstić information content (AvgIpc) is 3.40. The standard InChI is InChI=1S/C19H17ClN4O3/c20-13-3-1-11(2-4-13)18-22-7-12(8-23-18)19-21-5-6-24(19)14-9-26-17-15(25)10-27-16(14)17/h1-8,14-17,25H,9-10H2/t14-,15-,16-,17-/m1/s1. The van der Waals surface area contributed by atoms with Crippen molar-refractivity contribution in [2.75, 3.05) is 13.2 Å². The Morgan fingerprint density at radius 1 is 0.963 bits per heavy atom. The molecule has 0 radical (unpaired) electrons. The Morgan fingerprint density at radius 3 is 2.48 bits per heavy atom. The average molecular weight is 385 g/mol. The number of aromatic nitrogens is 4. The highest BCUT2D eigenvalue weighted by Crippen LogP contribution is 2.36. The second-order valence-corrected chi connectivity index (χ2v) is 7.13. The number of ether oxygens (including phenoxy) is 2. The van der Waals surface area contributed by atoms with Gasteiger partial charge in [0.2, 0.25) is 0 Å². The summed E-state index contributed by atoms with van der Waals surface area (Å²) < 4.78 is 13.5. The van der Waals surface area contributed by atoms with E-state index in [0.29, 0.717) is 24.1 Å². The number of halogens is 1. The van der Waals surface area contributed by atoms with Gasteiger partial charge in [0.15, 0.2) is 5.82 Å². The number of aliphatic hydroxyl groups excluding tert-OH is 1. The SMILES string of the molecule is O[C@@H]1CO[C@H]2[C@@H]1OC[C@H]2n1ccnc1-c1cnc(-c2ccc(Cl)cc2)nc1. The van der Waals surface area contributed by atoms with Crippen LogP contribution in [0.2, 0.25) is 5.02 Å². The van der Waals surface area contributed by atoms with E-state index in [4.69, 9.17) is 21.1 Å². The van der Waals surface area contributed by atoms with Crippen LogP contribution in [0.15, 0.2) is 49.1 Å². The van der Waals surface area contributed by atoms with Crippen molar-refractivity contribution in [3.63, 3.8) is 0 Å². The van der Waals surface area contributed by atoms with Crippen molar-refractivity contribution in [3.05, 3.63) is 54.1 Å². The highest BCUT2D eigenvalue weighted by molar-refractivity contribution is 6.30. The van der Waals surface area contributed by atoms with Gasteiger partial charge in [0.25, 0.3) is 0 Å². The highest BCUT2D eigenvalue weighted by Gasteiger charge is 2.48. The number of aliphatic hydroxyl groups is 1. The van der Waals surface area contributed by atoms with Gasteiger partial charge in [-0.2, -0.15) is 0 Å². The Hall–Kier alpha value is -2.32. The van der Waals surface area contributed by atoms with E-state index >= 15 is 0 Å². The minimum atomic E-state index is -0.575. The van der Waals surface area contributed by atoms with Gasteiger partial charge < -0.3 is 19.1 Å². The molecule has 1 N–H and O–H groups in total. The lowest BCUT2D eigenvalue weighted by atomic mass is 10.1. The van der Waals surface area contributed by atoms with Crippen LogP contribution >= 0.6 is 11.6 Å². The zero-order valence-electron chi connectivity index (χ0n) is 14.3. The minimum Gasteiger partial charge on any atom is -0.388 e. The van der Waals surface area contributed by atoms with Crippen LogP contribution in [0, 0.1) is 0 Å². The molecule has 3 aromatic rings. The van der Waals surface area contributed by atoms with Crippen LogP contribution in [0.3, 0.4) is 0 Å². The zero-order chi connectivity index (χ0) is 18.4. The van der Waals surface area contributed by atoms with Crippen LogP contribution < -0.4 is 0 Å². The molecule has 2 aliphatic heterocycles. The van der Waals surface area contributed by atoms with Crippen LogP contribution in [-0.2, 0) is 9.47 Å². The quantitative estimate of drug-likeness (QED) is 0.746. The smallest absolute Gasteiger partial charge is 0.159 e.